The molecule has 0 saturated carbocycles. The lowest BCUT2D eigenvalue weighted by molar-refractivity contribution is -0.138. The van der Waals surface area contributed by atoms with Crippen molar-refractivity contribution in [3.63, 3.8) is 0 Å². The third-order valence-electron chi connectivity index (χ3n) is 2.88. The predicted molar refractivity (Wildman–Crippen MR) is 56.3 cm³/mol. The van der Waals surface area contributed by atoms with Crippen LogP contribution >= 0.6 is 11.6 Å². The van der Waals surface area contributed by atoms with Gasteiger partial charge >= 0.3 is 0 Å². The minimum absolute atomic E-state index is 0.0611. The first-order valence-electron chi connectivity index (χ1n) is 5.09. The Morgan fingerprint density at radius 1 is 1.71 bits per heavy atom. The van der Waals surface area contributed by atoms with E-state index in [1.807, 2.05) is 13.8 Å². The molecule has 3 unspecified atom stereocenters. The lowest BCUT2D eigenvalue weighted by atomic mass is 9.95. The highest BCUT2D eigenvalue weighted by Crippen LogP contribution is 2.18. The van der Waals surface area contributed by atoms with Crippen molar-refractivity contribution in [3.05, 3.63) is 0 Å². The molecule has 1 heterocycles. The van der Waals surface area contributed by atoms with E-state index in [9.17, 15) is 9.90 Å². The van der Waals surface area contributed by atoms with Gasteiger partial charge in [-0.3, -0.25) is 4.79 Å². The average molecular weight is 220 g/mol. The Kier molecular flexibility index (Phi) is 4.20. The maximum absolute atomic E-state index is 11.7. The molecule has 3 atom stereocenters. The monoisotopic (exact) mass is 219 g/mol. The van der Waals surface area contributed by atoms with Crippen LogP contribution in [0.25, 0.3) is 0 Å². The van der Waals surface area contributed by atoms with E-state index in [1.165, 1.54) is 0 Å². The van der Waals surface area contributed by atoms with Gasteiger partial charge in [-0.2, -0.15) is 0 Å². The second kappa shape index (κ2) is 4.99. The summed E-state index contributed by atoms with van der Waals surface area (Å²) in [4.78, 5) is 13.4. The van der Waals surface area contributed by atoms with E-state index in [-0.39, 0.29) is 17.9 Å². The van der Waals surface area contributed by atoms with E-state index >= 15 is 0 Å². The zero-order valence-corrected chi connectivity index (χ0v) is 9.50. The minimum Gasteiger partial charge on any atom is -0.391 e. The molecule has 0 aliphatic carbocycles. The number of carbonyl (C=O) groups is 1. The maximum atomic E-state index is 11.7. The topological polar surface area (TPSA) is 40.5 Å². The van der Waals surface area contributed by atoms with Crippen molar-refractivity contribution >= 4 is 17.5 Å². The summed E-state index contributed by atoms with van der Waals surface area (Å²) in [5, 5.41) is 9.62. The first kappa shape index (κ1) is 11.8. The lowest BCUT2D eigenvalue weighted by Gasteiger charge is -2.35. The standard InChI is InChI=1S/C10H18ClNO2/c1-7-3-4-12(6-9(7)13)10(14)8(2)5-11/h7-9,13H,3-6H2,1-2H3. The van der Waals surface area contributed by atoms with Crippen molar-refractivity contribution in [1.29, 1.82) is 0 Å². The molecule has 1 N–H and O–H groups in total. The fraction of sp³-hybridized carbons (Fsp3) is 0.900. The maximum Gasteiger partial charge on any atom is 0.226 e. The van der Waals surface area contributed by atoms with E-state index < -0.39 is 0 Å². The van der Waals surface area contributed by atoms with Gasteiger partial charge in [0.25, 0.3) is 0 Å². The summed E-state index contributed by atoms with van der Waals surface area (Å²) < 4.78 is 0. The van der Waals surface area contributed by atoms with Gasteiger partial charge in [-0.15, -0.1) is 11.6 Å². The van der Waals surface area contributed by atoms with Crippen molar-refractivity contribution in [1.82, 2.24) is 4.90 Å². The van der Waals surface area contributed by atoms with Crippen LogP contribution in [0.4, 0.5) is 0 Å². The van der Waals surface area contributed by atoms with Crippen LogP contribution in [0.3, 0.4) is 0 Å². The first-order valence-corrected chi connectivity index (χ1v) is 5.62. The summed E-state index contributed by atoms with van der Waals surface area (Å²) in [5.41, 5.74) is 0. The van der Waals surface area contributed by atoms with Crippen molar-refractivity contribution in [2.45, 2.75) is 26.4 Å². The van der Waals surface area contributed by atoms with Gasteiger partial charge in [0.2, 0.25) is 5.91 Å². The van der Waals surface area contributed by atoms with Crippen LogP contribution in [-0.2, 0) is 4.79 Å². The predicted octanol–water partition coefficient (Wildman–Crippen LogP) is 1.09. The van der Waals surface area contributed by atoms with Crippen molar-refractivity contribution in [2.24, 2.45) is 11.8 Å². The Morgan fingerprint density at radius 2 is 2.36 bits per heavy atom. The number of carbonyl (C=O) groups excluding carboxylic acids is 1. The zero-order valence-electron chi connectivity index (χ0n) is 8.74. The molecule has 1 fully saturated rings. The SMILES string of the molecule is CC(CCl)C(=O)N1CCC(C)C(O)C1. The third kappa shape index (κ3) is 2.61. The molecule has 0 aromatic rings. The van der Waals surface area contributed by atoms with Crippen molar-refractivity contribution in [2.75, 3.05) is 19.0 Å². The number of piperidine rings is 1. The van der Waals surface area contributed by atoms with Crippen LogP contribution in [-0.4, -0.2) is 41.0 Å². The van der Waals surface area contributed by atoms with Gasteiger partial charge in [-0.05, 0) is 12.3 Å². The van der Waals surface area contributed by atoms with Crippen LogP contribution < -0.4 is 0 Å². The Hall–Kier alpha value is -0.280. The minimum atomic E-state index is -0.379. The number of halogens is 1. The van der Waals surface area contributed by atoms with Gasteiger partial charge in [0, 0.05) is 24.9 Å². The molecule has 1 saturated heterocycles. The van der Waals surface area contributed by atoms with E-state index in [0.29, 0.717) is 18.3 Å². The molecule has 1 rings (SSSR count). The van der Waals surface area contributed by atoms with Crippen LogP contribution in [0.1, 0.15) is 20.3 Å². The third-order valence-corrected chi connectivity index (χ3v) is 3.35. The highest BCUT2D eigenvalue weighted by Gasteiger charge is 2.29. The number of aliphatic hydroxyl groups excluding tert-OH is 1. The summed E-state index contributed by atoms with van der Waals surface area (Å²) >= 11 is 5.62. The zero-order chi connectivity index (χ0) is 10.7. The van der Waals surface area contributed by atoms with E-state index in [1.54, 1.807) is 4.90 Å². The number of hydrogen-bond acceptors (Lipinski definition) is 2. The molecule has 0 spiro atoms. The summed E-state index contributed by atoms with van der Waals surface area (Å²) in [6, 6.07) is 0. The number of aliphatic hydroxyl groups is 1. The summed E-state index contributed by atoms with van der Waals surface area (Å²) in [5.74, 6) is 0.564. The molecule has 0 radical (unpaired) electrons. The normalized spacial score (nSPS) is 30.1. The van der Waals surface area contributed by atoms with Gasteiger partial charge in [0.15, 0.2) is 0 Å². The Morgan fingerprint density at radius 3 is 2.86 bits per heavy atom. The lowest BCUT2D eigenvalue weighted by Crippen LogP contribution is -2.47. The smallest absolute Gasteiger partial charge is 0.226 e. The molecule has 3 nitrogen and oxygen atoms in total. The Labute approximate surface area is 90.0 Å². The number of likely N-dealkylation sites (tertiary alicyclic amines) is 1. The number of nitrogens with zero attached hydrogens (tertiary/aromatic N) is 1. The highest BCUT2D eigenvalue weighted by molar-refractivity contribution is 6.19. The molecular weight excluding hydrogens is 202 g/mol. The molecule has 4 heteroatoms. The number of β-amino-alcohol motifs (C(OH)–C–C–N with tert-alkyl or cyclic N) is 1. The summed E-state index contributed by atoms with van der Waals surface area (Å²) in [6.07, 6.45) is 0.497. The van der Waals surface area contributed by atoms with Crippen molar-refractivity contribution in [3.8, 4) is 0 Å². The van der Waals surface area contributed by atoms with Crippen LogP contribution in [0.5, 0.6) is 0 Å². The molecular formula is C10H18ClNO2. The second-order valence-electron chi connectivity index (χ2n) is 4.17. The Bertz CT molecular complexity index is 210. The fourth-order valence-electron chi connectivity index (χ4n) is 1.63. The molecule has 0 aromatic heterocycles. The first-order chi connectivity index (χ1) is 6.56. The fourth-order valence-corrected chi connectivity index (χ4v) is 1.76. The van der Waals surface area contributed by atoms with Crippen LogP contribution in [0.2, 0.25) is 0 Å². The number of amides is 1. The van der Waals surface area contributed by atoms with Crippen LogP contribution in [0.15, 0.2) is 0 Å². The number of rotatable bonds is 2. The number of hydrogen-bond donors (Lipinski definition) is 1. The van der Waals surface area contributed by atoms with E-state index in [0.717, 1.165) is 13.0 Å². The summed E-state index contributed by atoms with van der Waals surface area (Å²) in [6.45, 7) is 5.04. The second-order valence-corrected chi connectivity index (χ2v) is 4.48. The van der Waals surface area contributed by atoms with E-state index in [2.05, 4.69) is 0 Å². The molecule has 0 bridgehead atoms. The molecule has 1 amide bonds. The van der Waals surface area contributed by atoms with Crippen molar-refractivity contribution < 1.29 is 9.90 Å². The van der Waals surface area contributed by atoms with Gasteiger partial charge in [-0.25, -0.2) is 0 Å². The van der Waals surface area contributed by atoms with Crippen LogP contribution in [0, 0.1) is 11.8 Å². The average Bonchev–Trinajstić information content (AvgIpc) is 2.20. The van der Waals surface area contributed by atoms with Gasteiger partial charge < -0.3 is 10.0 Å². The Balaban J connectivity index is 2.50. The summed E-state index contributed by atoms with van der Waals surface area (Å²) in [7, 11) is 0. The largest absolute Gasteiger partial charge is 0.391 e. The molecule has 14 heavy (non-hydrogen) atoms. The van der Waals surface area contributed by atoms with Gasteiger partial charge in [0.05, 0.1) is 6.10 Å². The molecule has 82 valence electrons. The molecule has 0 aromatic carbocycles. The quantitative estimate of drug-likeness (QED) is 0.707. The molecule has 1 aliphatic rings. The van der Waals surface area contributed by atoms with E-state index in [4.69, 9.17) is 11.6 Å². The molecule has 1 aliphatic heterocycles. The highest BCUT2D eigenvalue weighted by atomic mass is 35.5. The number of alkyl halides is 1. The van der Waals surface area contributed by atoms with Gasteiger partial charge in [-0.1, -0.05) is 13.8 Å². The van der Waals surface area contributed by atoms with Gasteiger partial charge in [0.1, 0.15) is 0 Å².